The van der Waals surface area contributed by atoms with E-state index in [0.717, 1.165) is 97.1 Å². The maximum Gasteiger partial charge on any atom is 0.425 e. The number of halogens is 18. The van der Waals surface area contributed by atoms with Crippen molar-refractivity contribution in [2.75, 3.05) is 76.1 Å². The number of carbonyl (C=O) groups is 3. The van der Waals surface area contributed by atoms with Crippen molar-refractivity contribution < 1.29 is 112 Å². The Hall–Kier alpha value is -12.5. The zero-order chi connectivity index (χ0) is 102. The summed E-state index contributed by atoms with van der Waals surface area (Å²) in [6.07, 6.45) is -12.3. The quantitative estimate of drug-likeness (QED) is 0.0217. The van der Waals surface area contributed by atoms with Gasteiger partial charge in [0.2, 0.25) is 0 Å². The Labute approximate surface area is 803 Å². The molecule has 27 nitrogen and oxygen atoms in total. The number of aromatic nitrogens is 8. The first-order valence-corrected chi connectivity index (χ1v) is 51.4. The van der Waals surface area contributed by atoms with Crippen LogP contribution >= 0.6 is 23.2 Å². The van der Waals surface area contributed by atoms with Crippen LogP contribution in [0.3, 0.4) is 0 Å². The first kappa shape index (κ1) is 106. The SMILES string of the molecule is C=S(C)(C)=Nc1cc(C)c2c(Cc3ccc(F)cc3OC(C)C(F)(F)F)ncnc2c1.C=S1(=Nc2cc(F)c3c(Nc4ccc(F)cc4O[C@H](C)C(=O)N[C@@H](C)C(F)(F)F)ncnc3c2)CCC1.C[C@@H](Oc1cc(F)ccc1Nc1ncnc2cc(N=S3(=O)CCC3)cc(Cl)c12)C(=O)NCC(F)(F)F.Cc1cc(N=S2(=O)CCC2)cc2ncnc(Nc3ccc(Cl)cc3O[C@H](C)C(=O)NCC(F)(F)F)c12. The Balaban J connectivity index is 0.000000167. The monoisotopic (exact) mass is 2080 g/mol. The number of nitrogens with one attached hydrogen (secondary N) is 6. The smallest absolute Gasteiger partial charge is 0.425 e. The molecule has 5 atom stereocenters. The molecule has 0 bridgehead atoms. The van der Waals surface area contributed by atoms with Crippen LogP contribution in [0.5, 0.6) is 23.0 Å². The molecule has 140 heavy (non-hydrogen) atoms. The molecule has 3 aliphatic heterocycles. The predicted molar refractivity (Wildman–Crippen MR) is 513 cm³/mol. The number of anilines is 6. The van der Waals surface area contributed by atoms with E-state index in [1.165, 1.54) is 82.5 Å². The lowest BCUT2D eigenvalue weighted by atomic mass is 10.0. The van der Waals surface area contributed by atoms with Crippen LogP contribution in [0, 0.1) is 37.1 Å². The van der Waals surface area contributed by atoms with Crippen molar-refractivity contribution in [2.24, 2.45) is 17.5 Å². The number of hydrogen-bond acceptors (Lipinski definition) is 24. The fourth-order valence-corrected chi connectivity index (χ4v) is 19.4. The molecule has 0 aliphatic carbocycles. The van der Waals surface area contributed by atoms with Gasteiger partial charge in [-0.3, -0.25) is 14.4 Å². The number of amides is 3. The van der Waals surface area contributed by atoms with Gasteiger partial charge in [0.15, 0.2) is 24.4 Å². The third-order valence-electron chi connectivity index (χ3n) is 20.9. The predicted octanol–water partition coefficient (Wildman–Crippen LogP) is 21.3. The zero-order valence-corrected chi connectivity index (χ0v) is 80.4. The van der Waals surface area contributed by atoms with Gasteiger partial charge < -0.3 is 50.8 Å². The van der Waals surface area contributed by atoms with Gasteiger partial charge in [0.25, 0.3) is 17.7 Å². The van der Waals surface area contributed by atoms with E-state index in [2.05, 4.69) is 85.0 Å². The van der Waals surface area contributed by atoms with E-state index in [1.807, 2.05) is 44.6 Å². The minimum Gasteiger partial charge on any atom is -0.481 e. The molecule has 7 heterocycles. The van der Waals surface area contributed by atoms with E-state index in [0.29, 0.717) is 95.2 Å². The summed E-state index contributed by atoms with van der Waals surface area (Å²) in [6, 6.07) is 26.2. The molecule has 0 spiro atoms. The van der Waals surface area contributed by atoms with Crippen LogP contribution in [0.25, 0.3) is 43.6 Å². The lowest BCUT2D eigenvalue weighted by Gasteiger charge is -2.24. The number of alkyl halides is 12. The molecule has 3 amide bonds. The molecular formula is C91H90Cl2F16N18O9S4. The maximum atomic E-state index is 15.2. The summed E-state index contributed by atoms with van der Waals surface area (Å²) in [6.45, 7) is 6.22. The second-order valence-electron chi connectivity index (χ2n) is 32.9. The highest BCUT2D eigenvalue weighted by atomic mass is 35.5. The van der Waals surface area contributed by atoms with Gasteiger partial charge in [-0.1, -0.05) is 41.0 Å². The lowest BCUT2D eigenvalue weighted by Crippen LogP contribution is -2.47. The molecule has 6 N–H and O–H groups in total. The van der Waals surface area contributed by atoms with E-state index < -0.39 is 148 Å². The third kappa shape index (κ3) is 28.9. The molecule has 15 rings (SSSR count). The maximum absolute atomic E-state index is 15.2. The third-order valence-corrected chi connectivity index (χ3v) is 29.6. The number of rotatable bonds is 26. The van der Waals surface area contributed by atoms with E-state index in [1.54, 1.807) is 52.3 Å². The topological polar surface area (TPSA) is 347 Å². The number of hydrogen-bond donors (Lipinski definition) is 6. The van der Waals surface area contributed by atoms with Crippen molar-refractivity contribution in [3.05, 3.63) is 202 Å². The number of ether oxygens (including phenoxy) is 4. The van der Waals surface area contributed by atoms with Crippen LogP contribution in [0.15, 0.2) is 164 Å². The summed E-state index contributed by atoms with van der Waals surface area (Å²) in [5, 5.41) is 16.7. The van der Waals surface area contributed by atoms with Crippen molar-refractivity contribution in [2.45, 2.75) is 129 Å². The van der Waals surface area contributed by atoms with Crippen molar-refractivity contribution in [3.63, 3.8) is 0 Å². The first-order valence-electron chi connectivity index (χ1n) is 42.3. The molecule has 1 unspecified atom stereocenters. The van der Waals surface area contributed by atoms with Gasteiger partial charge in [0.05, 0.1) is 103 Å². The number of benzene rings is 8. The van der Waals surface area contributed by atoms with Crippen LogP contribution in [0.1, 0.15) is 76.3 Å². The molecule has 8 aromatic carbocycles. The second kappa shape index (κ2) is 43.7. The van der Waals surface area contributed by atoms with Gasteiger partial charge in [-0.2, -0.15) is 61.4 Å². The van der Waals surface area contributed by atoms with Gasteiger partial charge in [0.1, 0.15) is 108 Å². The Morgan fingerprint density at radius 3 is 1.32 bits per heavy atom. The normalized spacial score (nSPS) is 15.3. The standard InChI is InChI=1S/C24H24F5N5O2S.C23H23ClF3N5O3S.C22H20ClF4N5O3S.C22H23F4N3OS/c1-13(23(35)32-14(2)24(27,28)29)36-20-9-15(25)5-6-18(20)33-22-21-17(26)10-16(11-19(21)30-12-31-22)34-37(3)7-4-8-37;1-13-8-16(32-36(34)6-3-7-36)10-18-20(13)21(30-12-29-18)31-17-5-4-15(24)9-19(17)35-14(2)22(33)28-11-23(25,26)27;1-12(21(33)28-10-22(25,26)27)35-18-7-13(24)3-4-16(18)31-20-19-15(23)8-14(9-17(19)29-11-30-20)32-36(34)5-2-6-36;1-13-8-17(29-31(3,4)5)11-19-21(13)18(27-12-28-19)9-15-6-7-16(23)10-20(15)30-14(2)22(24,25)26/h5-6,9-14H,3-4,7-8H2,1-2H3,(H,32,35)(H,30,31,33);4-5,8-10,12,14H,3,6-7,11H2,1-2H3,(H,28,33)(H,29,30,31);3-4,7-9,11-12H,2,5-6,10H2,1H3,(H,28,33)(H,29,30,31);6-8,10-12,14H,3,9H2,1-2,4-5H3/t13-,14+;14-;12-;/m111./s1. The van der Waals surface area contributed by atoms with Crippen LogP contribution in [-0.4, -0.2) is 193 Å². The highest BCUT2D eigenvalue weighted by Crippen LogP contribution is 2.42. The highest BCUT2D eigenvalue weighted by molar-refractivity contribution is 8.03. The van der Waals surface area contributed by atoms with Crippen LogP contribution < -0.4 is 50.8 Å². The Morgan fingerprint density at radius 2 is 0.857 bits per heavy atom. The van der Waals surface area contributed by atoms with E-state index >= 15 is 4.39 Å². The number of nitrogens with zero attached hydrogens (tertiary/aromatic N) is 12. The number of carbonyl (C=O) groups excluding carboxylic acids is 3. The molecule has 3 aliphatic rings. The molecule has 49 heteroatoms. The number of fused-ring (bicyclic) bond motifs is 4. The number of aryl methyl sites for hydroxylation is 2. The molecule has 3 saturated heterocycles. The molecule has 3 fully saturated rings. The van der Waals surface area contributed by atoms with Gasteiger partial charge >= 0.3 is 24.7 Å². The Bertz CT molecular complexity index is 7050. The fourth-order valence-electron chi connectivity index (χ4n) is 13.6. The molecular weight excluding hydrogens is 1990 g/mol. The lowest BCUT2D eigenvalue weighted by molar-refractivity contribution is -0.189. The molecule has 0 saturated carbocycles. The second-order valence-corrected chi connectivity index (χ2v) is 44.9. The van der Waals surface area contributed by atoms with Gasteiger partial charge in [-0.25, -0.2) is 74.6 Å². The summed E-state index contributed by atoms with van der Waals surface area (Å²) >= 11 is 12.6. The summed E-state index contributed by atoms with van der Waals surface area (Å²) in [7, 11) is -7.20. The average Bonchev–Trinajstić information content (AvgIpc) is 0.789. The molecule has 0 radical (unpaired) electrons. The first-order chi connectivity index (χ1) is 65.5. The van der Waals surface area contributed by atoms with Gasteiger partial charge in [-0.05, 0) is 188 Å². The summed E-state index contributed by atoms with van der Waals surface area (Å²) in [5.41, 5.74) is 7.48. The van der Waals surface area contributed by atoms with E-state index in [9.17, 15) is 88.7 Å². The van der Waals surface area contributed by atoms with Gasteiger partial charge in [-0.15, -0.1) is 18.8 Å². The van der Waals surface area contributed by atoms with Crippen molar-refractivity contribution in [1.29, 1.82) is 0 Å². The molecule has 12 aromatic rings. The van der Waals surface area contributed by atoms with E-state index in [4.69, 9.17) is 42.1 Å². The summed E-state index contributed by atoms with van der Waals surface area (Å²) in [4.78, 5) is 70.2. The fraction of sp³-hybridized carbons (Fsp3) is 0.330. The zero-order valence-electron chi connectivity index (χ0n) is 75.6. The Kier molecular flexibility index (Phi) is 33.2. The summed E-state index contributed by atoms with van der Waals surface area (Å²) in [5.74, 6) is 6.84. The minimum absolute atomic E-state index is 0.0358. The largest absolute Gasteiger partial charge is 0.481 e. The van der Waals surface area contributed by atoms with Crippen molar-refractivity contribution in [1.82, 2.24) is 55.8 Å². The average molecular weight is 2080 g/mol. The van der Waals surface area contributed by atoms with E-state index in [-0.39, 0.29) is 68.4 Å². The Morgan fingerprint density at radius 1 is 0.457 bits per heavy atom. The summed E-state index contributed by atoms with van der Waals surface area (Å²) < 4.78 is 273. The van der Waals surface area contributed by atoms with Crippen molar-refractivity contribution >= 4 is 192 Å². The van der Waals surface area contributed by atoms with Crippen molar-refractivity contribution in [3.8, 4) is 23.0 Å². The van der Waals surface area contributed by atoms with Crippen LogP contribution in [0.4, 0.5) is 128 Å². The highest BCUT2D eigenvalue weighted by Gasteiger charge is 2.40. The van der Waals surface area contributed by atoms with Gasteiger partial charge in [0, 0.05) is 81.1 Å². The molecule has 4 aromatic heterocycles. The molecule has 748 valence electrons. The van der Waals surface area contributed by atoms with Crippen LogP contribution in [-0.2, 0) is 59.1 Å². The minimum atomic E-state index is -4.64. The van der Waals surface area contributed by atoms with Crippen LogP contribution in [0.2, 0.25) is 10.0 Å².